The molecule has 3 N–H and O–H groups in total. The zero-order valence-electron chi connectivity index (χ0n) is 6.22. The number of amides is 1. The second-order valence-electron chi connectivity index (χ2n) is 1.98. The smallest absolute Gasteiger partial charge is 0.548 e. The Balaban J connectivity index is 0. The summed E-state index contributed by atoms with van der Waals surface area (Å²) in [5.74, 6) is -1.40. The third-order valence-corrected chi connectivity index (χ3v) is 1.28. The van der Waals surface area contributed by atoms with Crippen molar-refractivity contribution < 1.29 is 71.6 Å². The van der Waals surface area contributed by atoms with Crippen LogP contribution in [0.15, 0.2) is 0 Å². The van der Waals surface area contributed by atoms with Gasteiger partial charge >= 0.3 is 51.4 Å². The normalized spacial score (nSPS) is 21.1. The van der Waals surface area contributed by atoms with Gasteiger partial charge in [-0.3, -0.25) is 4.79 Å². The maximum absolute atomic E-state index is 10.4. The number of carboxylic acid groups (broad SMARTS) is 1. The van der Waals surface area contributed by atoms with Crippen molar-refractivity contribution in [2.24, 2.45) is 0 Å². The van der Waals surface area contributed by atoms with Crippen LogP contribution < -0.4 is 61.8 Å². The fourth-order valence-corrected chi connectivity index (χ4v) is 0.791. The molecule has 1 amide bonds. The number of hydrogen-bond donors (Lipinski definition) is 1. The van der Waals surface area contributed by atoms with Gasteiger partial charge in [0.05, 0.1) is 12.0 Å². The number of rotatable bonds is 1. The second kappa shape index (κ2) is 6.10. The van der Waals surface area contributed by atoms with Crippen LogP contribution in [0, 0.1) is 0 Å². The van der Waals surface area contributed by atoms with E-state index in [9.17, 15) is 14.7 Å². The van der Waals surface area contributed by atoms with Gasteiger partial charge in [-0.25, -0.2) is 0 Å². The number of hydrogen-bond acceptors (Lipinski definition) is 3. The van der Waals surface area contributed by atoms with Crippen molar-refractivity contribution in [1.29, 1.82) is 0 Å². The van der Waals surface area contributed by atoms with Crippen LogP contribution in [-0.2, 0) is 9.59 Å². The van der Waals surface area contributed by atoms with Gasteiger partial charge in [0.25, 0.3) is 0 Å². The van der Waals surface area contributed by atoms with Crippen molar-refractivity contribution in [3.63, 3.8) is 0 Å². The summed E-state index contributed by atoms with van der Waals surface area (Å²) in [6, 6.07) is -0.752. The van der Waals surface area contributed by atoms with Crippen molar-refractivity contribution in [2.75, 3.05) is 0 Å². The first-order valence-electron chi connectivity index (χ1n) is 2.70. The van der Waals surface area contributed by atoms with Gasteiger partial charge in [-0.1, -0.05) is 0 Å². The van der Waals surface area contributed by atoms with Gasteiger partial charge in [-0.15, -0.1) is 0 Å². The zero-order chi connectivity index (χ0) is 6.85. The predicted molar refractivity (Wildman–Crippen MR) is 29.8 cm³/mol. The minimum Gasteiger partial charge on any atom is -0.548 e. The average molecular weight is 185 g/mol. The van der Waals surface area contributed by atoms with E-state index in [2.05, 4.69) is 5.32 Å². The van der Waals surface area contributed by atoms with E-state index >= 15 is 0 Å². The molecule has 0 aromatic heterocycles. The van der Waals surface area contributed by atoms with Crippen molar-refractivity contribution >= 4 is 11.9 Å². The molecule has 1 rings (SSSR count). The predicted octanol–water partition coefficient (Wildman–Crippen LogP) is -5.81. The van der Waals surface area contributed by atoms with E-state index in [4.69, 9.17) is 0 Å². The van der Waals surface area contributed by atoms with Crippen LogP contribution in [0.3, 0.4) is 0 Å². The van der Waals surface area contributed by atoms with Crippen LogP contribution in [-0.4, -0.2) is 23.4 Å². The van der Waals surface area contributed by atoms with Gasteiger partial charge in [0, 0.05) is 6.42 Å². The summed E-state index contributed by atoms with van der Waals surface area (Å²) < 4.78 is 0. The molecule has 0 spiro atoms. The first-order chi connectivity index (χ1) is 4.20. The summed E-state index contributed by atoms with van der Waals surface area (Å²) in [4.78, 5) is 20.4. The Morgan fingerprint density at radius 3 is 2.36 bits per heavy atom. The van der Waals surface area contributed by atoms with Crippen LogP contribution >= 0.6 is 0 Å². The molecular formula is C5H8KNO4. The van der Waals surface area contributed by atoms with Gasteiger partial charge in [-0.05, 0) is 6.42 Å². The summed E-state index contributed by atoms with van der Waals surface area (Å²) in [7, 11) is 0. The number of carbonyl (C=O) groups is 2. The quantitative estimate of drug-likeness (QED) is 0.412. The van der Waals surface area contributed by atoms with Gasteiger partial charge in [0.2, 0.25) is 5.91 Å². The molecule has 1 aliphatic heterocycles. The number of aliphatic carboxylic acids is 1. The van der Waals surface area contributed by atoms with Crippen LogP contribution in [0.5, 0.6) is 0 Å². The molecule has 0 saturated carbocycles. The Bertz CT molecular complexity index is 161. The molecule has 1 saturated heterocycles. The first-order valence-corrected chi connectivity index (χ1v) is 2.70. The van der Waals surface area contributed by atoms with Crippen LogP contribution in [0.2, 0.25) is 0 Å². The van der Waals surface area contributed by atoms with Crippen LogP contribution in [0.4, 0.5) is 0 Å². The Morgan fingerprint density at radius 2 is 2.18 bits per heavy atom. The molecule has 1 heterocycles. The molecule has 58 valence electrons. The van der Waals surface area contributed by atoms with E-state index < -0.39 is 12.0 Å². The minimum absolute atomic E-state index is 0. The maximum atomic E-state index is 10.4. The SMILES string of the molecule is O.O=C1CCC(C(=O)[O-])N1.[K+]. The van der Waals surface area contributed by atoms with Crippen molar-refractivity contribution in [1.82, 2.24) is 5.32 Å². The van der Waals surface area contributed by atoms with E-state index in [1.165, 1.54) is 0 Å². The molecule has 0 aromatic carbocycles. The summed E-state index contributed by atoms with van der Waals surface area (Å²) >= 11 is 0. The fraction of sp³-hybridized carbons (Fsp3) is 0.600. The van der Waals surface area contributed by atoms with E-state index in [1.54, 1.807) is 0 Å². The summed E-state index contributed by atoms with van der Waals surface area (Å²) in [5.41, 5.74) is 0. The van der Waals surface area contributed by atoms with Gasteiger partial charge in [-0.2, -0.15) is 0 Å². The van der Waals surface area contributed by atoms with Crippen LogP contribution in [0.1, 0.15) is 12.8 Å². The maximum Gasteiger partial charge on any atom is 1.00 e. The molecule has 6 heteroatoms. The first kappa shape index (κ1) is 14.1. The van der Waals surface area contributed by atoms with E-state index in [0.29, 0.717) is 12.8 Å². The van der Waals surface area contributed by atoms with Crippen molar-refractivity contribution in [3.8, 4) is 0 Å². The van der Waals surface area contributed by atoms with Gasteiger partial charge < -0.3 is 20.7 Å². The number of nitrogens with one attached hydrogen (secondary N) is 1. The standard InChI is InChI=1S/C5H7NO3.K.H2O/c7-4-2-1-3(6-4)5(8)9;;/h3H,1-2H2,(H,6,7)(H,8,9);;1H2/q;+1;/p-1. The third-order valence-electron chi connectivity index (χ3n) is 1.28. The number of carbonyl (C=O) groups excluding carboxylic acids is 2. The third kappa shape index (κ3) is 4.19. The Morgan fingerprint density at radius 1 is 1.64 bits per heavy atom. The molecule has 1 unspecified atom stereocenters. The molecule has 1 fully saturated rings. The Labute approximate surface area is 106 Å². The average Bonchev–Trinajstić information content (AvgIpc) is 2.14. The molecule has 1 aliphatic rings. The monoisotopic (exact) mass is 185 g/mol. The molecule has 0 bridgehead atoms. The molecule has 1 atom stereocenters. The molecule has 0 aliphatic carbocycles. The summed E-state index contributed by atoms with van der Waals surface area (Å²) in [6.45, 7) is 0. The van der Waals surface area contributed by atoms with E-state index in [1.807, 2.05) is 0 Å². The Kier molecular flexibility index (Phi) is 7.81. The Hall–Kier alpha value is 0.536. The zero-order valence-corrected chi connectivity index (χ0v) is 9.34. The largest absolute Gasteiger partial charge is 1.00 e. The second-order valence-corrected chi connectivity index (χ2v) is 1.98. The van der Waals surface area contributed by atoms with E-state index in [0.717, 1.165) is 0 Å². The van der Waals surface area contributed by atoms with Crippen molar-refractivity contribution in [3.05, 3.63) is 0 Å². The molecule has 0 radical (unpaired) electrons. The molecular weight excluding hydrogens is 177 g/mol. The molecule has 0 aromatic rings. The molecule has 11 heavy (non-hydrogen) atoms. The van der Waals surface area contributed by atoms with Crippen LogP contribution in [0.25, 0.3) is 0 Å². The summed E-state index contributed by atoms with van der Waals surface area (Å²) in [6.07, 6.45) is 0.666. The van der Waals surface area contributed by atoms with Crippen molar-refractivity contribution in [2.45, 2.75) is 18.9 Å². The molecule has 5 nitrogen and oxygen atoms in total. The number of carboxylic acids is 1. The topological polar surface area (TPSA) is 101 Å². The summed E-state index contributed by atoms with van der Waals surface area (Å²) in [5, 5.41) is 12.3. The van der Waals surface area contributed by atoms with Gasteiger partial charge in [0.1, 0.15) is 0 Å². The fourth-order valence-electron chi connectivity index (χ4n) is 0.791. The minimum atomic E-state index is -1.19. The van der Waals surface area contributed by atoms with E-state index in [-0.39, 0.29) is 62.8 Å². The van der Waals surface area contributed by atoms with Gasteiger partial charge in [0.15, 0.2) is 0 Å².